The molecule has 0 spiro atoms. The molecular weight excluding hydrogens is 230 g/mol. The zero-order valence-corrected chi connectivity index (χ0v) is 11.0. The maximum absolute atomic E-state index is 12.2. The van der Waals surface area contributed by atoms with Gasteiger partial charge in [-0.1, -0.05) is 6.92 Å². The maximum atomic E-state index is 12.2. The lowest BCUT2D eigenvalue weighted by molar-refractivity contribution is 0.0774. The fourth-order valence-corrected chi connectivity index (χ4v) is 2.28. The highest BCUT2D eigenvalue weighted by Crippen LogP contribution is 2.19. The monoisotopic (exact) mass is 251 g/mol. The topological polar surface area (TPSA) is 87.9 Å². The first-order chi connectivity index (χ1) is 8.61. The van der Waals surface area contributed by atoms with Gasteiger partial charge in [0, 0.05) is 25.6 Å². The molecule has 2 atom stereocenters. The Balaban J connectivity index is 1.99. The first kappa shape index (κ1) is 13.0. The van der Waals surface area contributed by atoms with Gasteiger partial charge in [-0.3, -0.25) is 9.89 Å². The van der Waals surface area contributed by atoms with E-state index in [1.165, 1.54) is 0 Å². The molecule has 2 unspecified atom stereocenters. The van der Waals surface area contributed by atoms with Crippen molar-refractivity contribution in [3.63, 3.8) is 0 Å². The molecular formula is C12H21N5O. The van der Waals surface area contributed by atoms with Gasteiger partial charge < -0.3 is 10.6 Å². The van der Waals surface area contributed by atoms with Crippen LogP contribution in [0, 0.1) is 5.92 Å². The molecule has 18 heavy (non-hydrogen) atoms. The number of nitrogens with one attached hydrogen (secondary N) is 1. The lowest BCUT2D eigenvalue weighted by Gasteiger charge is -2.16. The maximum Gasteiger partial charge on any atom is 0.293 e. The number of likely N-dealkylation sites (tertiary alicyclic amines) is 1. The normalized spacial score (nSPS) is 21.3. The summed E-state index contributed by atoms with van der Waals surface area (Å²) in [5, 5.41) is 6.80. The Bertz CT molecular complexity index is 414. The lowest BCUT2D eigenvalue weighted by atomic mass is 10.0. The third-order valence-electron chi connectivity index (χ3n) is 3.47. The molecule has 2 rings (SSSR count). The molecule has 1 aromatic heterocycles. The van der Waals surface area contributed by atoms with E-state index in [4.69, 9.17) is 5.73 Å². The minimum atomic E-state index is -0.0863. The van der Waals surface area contributed by atoms with Gasteiger partial charge in [-0.2, -0.15) is 0 Å². The Hall–Kier alpha value is -1.43. The van der Waals surface area contributed by atoms with Gasteiger partial charge >= 0.3 is 0 Å². The van der Waals surface area contributed by atoms with Crippen LogP contribution < -0.4 is 5.73 Å². The van der Waals surface area contributed by atoms with E-state index in [9.17, 15) is 4.79 Å². The number of carbonyl (C=O) groups is 1. The molecule has 0 aliphatic carbocycles. The fourth-order valence-electron chi connectivity index (χ4n) is 2.28. The predicted octanol–water partition coefficient (Wildman–Crippen LogP) is 0.567. The molecule has 6 heteroatoms. The van der Waals surface area contributed by atoms with Crippen molar-refractivity contribution < 1.29 is 4.79 Å². The molecule has 0 saturated carbocycles. The lowest BCUT2D eigenvalue weighted by Crippen LogP contribution is -2.33. The second kappa shape index (κ2) is 5.48. The summed E-state index contributed by atoms with van der Waals surface area (Å²) < 4.78 is 0. The third-order valence-corrected chi connectivity index (χ3v) is 3.47. The van der Waals surface area contributed by atoms with Crippen molar-refractivity contribution in [3.05, 3.63) is 11.6 Å². The molecule has 0 bridgehead atoms. The van der Waals surface area contributed by atoms with E-state index in [2.05, 4.69) is 22.1 Å². The number of rotatable bonds is 4. The van der Waals surface area contributed by atoms with Crippen LogP contribution in [0.1, 0.15) is 43.1 Å². The Morgan fingerprint density at radius 2 is 2.44 bits per heavy atom. The van der Waals surface area contributed by atoms with Crippen LogP contribution in [0.25, 0.3) is 0 Å². The van der Waals surface area contributed by atoms with Gasteiger partial charge in [0.25, 0.3) is 5.91 Å². The molecule has 1 saturated heterocycles. The van der Waals surface area contributed by atoms with E-state index in [-0.39, 0.29) is 17.8 Å². The number of aromatic nitrogens is 3. The summed E-state index contributed by atoms with van der Waals surface area (Å²) in [5.41, 5.74) is 5.87. The minimum absolute atomic E-state index is 0.0863. The molecule has 2 heterocycles. The summed E-state index contributed by atoms with van der Waals surface area (Å²) in [5.74, 6) is 1.37. The first-order valence-electron chi connectivity index (χ1n) is 6.58. The van der Waals surface area contributed by atoms with Gasteiger partial charge in [0.2, 0.25) is 5.82 Å². The molecule has 1 amide bonds. The summed E-state index contributed by atoms with van der Waals surface area (Å²) in [4.78, 5) is 18.2. The molecule has 1 fully saturated rings. The summed E-state index contributed by atoms with van der Waals surface area (Å²) in [6.07, 6.45) is 2.78. The van der Waals surface area contributed by atoms with E-state index in [0.29, 0.717) is 12.5 Å². The van der Waals surface area contributed by atoms with Gasteiger partial charge in [0.1, 0.15) is 5.82 Å². The van der Waals surface area contributed by atoms with E-state index < -0.39 is 0 Å². The van der Waals surface area contributed by atoms with Crippen molar-refractivity contribution >= 4 is 5.91 Å². The number of hydrogen-bond donors (Lipinski definition) is 2. The smallest absolute Gasteiger partial charge is 0.293 e. The van der Waals surface area contributed by atoms with Crippen LogP contribution in [0.3, 0.4) is 0 Å². The van der Waals surface area contributed by atoms with Crippen LogP contribution in [0.4, 0.5) is 0 Å². The van der Waals surface area contributed by atoms with Crippen molar-refractivity contribution in [1.29, 1.82) is 0 Å². The van der Waals surface area contributed by atoms with Crippen molar-refractivity contribution in [3.8, 4) is 0 Å². The number of aryl methyl sites for hydroxylation is 1. The third kappa shape index (κ3) is 2.69. The quantitative estimate of drug-likeness (QED) is 0.818. The van der Waals surface area contributed by atoms with Crippen molar-refractivity contribution in [2.75, 3.05) is 13.1 Å². The van der Waals surface area contributed by atoms with Gasteiger partial charge in [-0.15, -0.1) is 5.10 Å². The van der Waals surface area contributed by atoms with Gasteiger partial charge in [0.15, 0.2) is 0 Å². The number of carbonyl (C=O) groups excluding carboxylic acids is 1. The predicted molar refractivity (Wildman–Crippen MR) is 68.0 cm³/mol. The van der Waals surface area contributed by atoms with E-state index in [0.717, 1.165) is 31.6 Å². The van der Waals surface area contributed by atoms with Crippen LogP contribution in [-0.2, 0) is 6.42 Å². The zero-order valence-electron chi connectivity index (χ0n) is 11.0. The summed E-state index contributed by atoms with van der Waals surface area (Å²) in [6, 6.07) is 0.130. The number of aromatic amines is 1. The minimum Gasteiger partial charge on any atom is -0.336 e. The van der Waals surface area contributed by atoms with Crippen molar-refractivity contribution in [2.45, 2.75) is 39.2 Å². The highest BCUT2D eigenvalue weighted by molar-refractivity contribution is 5.90. The van der Waals surface area contributed by atoms with E-state index >= 15 is 0 Å². The molecule has 0 radical (unpaired) electrons. The molecule has 0 aromatic carbocycles. The Kier molecular flexibility index (Phi) is 3.96. The SMILES string of the molecule is CCCc1nc(C(=O)N2CCC(C(C)N)C2)n[nH]1. The number of hydrogen-bond acceptors (Lipinski definition) is 4. The van der Waals surface area contributed by atoms with Gasteiger partial charge in [-0.25, -0.2) is 4.98 Å². The highest BCUT2D eigenvalue weighted by atomic mass is 16.2. The van der Waals surface area contributed by atoms with Crippen LogP contribution in [0.15, 0.2) is 0 Å². The largest absolute Gasteiger partial charge is 0.336 e. The highest BCUT2D eigenvalue weighted by Gasteiger charge is 2.30. The second-order valence-corrected chi connectivity index (χ2v) is 5.01. The van der Waals surface area contributed by atoms with E-state index in [1.807, 2.05) is 6.92 Å². The number of H-pyrrole nitrogens is 1. The molecule has 6 nitrogen and oxygen atoms in total. The first-order valence-corrected chi connectivity index (χ1v) is 6.58. The number of amides is 1. The average molecular weight is 251 g/mol. The van der Waals surface area contributed by atoms with Crippen molar-refractivity contribution in [1.82, 2.24) is 20.1 Å². The van der Waals surface area contributed by atoms with Crippen LogP contribution in [0.5, 0.6) is 0 Å². The summed E-state index contributed by atoms with van der Waals surface area (Å²) >= 11 is 0. The van der Waals surface area contributed by atoms with Crippen LogP contribution in [-0.4, -0.2) is 45.1 Å². The second-order valence-electron chi connectivity index (χ2n) is 5.01. The molecule has 3 N–H and O–H groups in total. The summed E-state index contributed by atoms with van der Waals surface area (Å²) in [7, 11) is 0. The van der Waals surface area contributed by atoms with E-state index in [1.54, 1.807) is 4.90 Å². The number of nitrogens with two attached hydrogens (primary N) is 1. The molecule has 1 aliphatic rings. The zero-order chi connectivity index (χ0) is 13.1. The van der Waals surface area contributed by atoms with Crippen LogP contribution in [0.2, 0.25) is 0 Å². The standard InChI is InChI=1S/C12H21N5O/c1-3-4-10-14-11(16-15-10)12(18)17-6-5-9(7-17)8(2)13/h8-9H,3-7,13H2,1-2H3,(H,14,15,16). The van der Waals surface area contributed by atoms with Crippen molar-refractivity contribution in [2.24, 2.45) is 11.7 Å². The molecule has 1 aromatic rings. The van der Waals surface area contributed by atoms with Gasteiger partial charge in [0.05, 0.1) is 0 Å². The van der Waals surface area contributed by atoms with Crippen LogP contribution >= 0.6 is 0 Å². The summed E-state index contributed by atoms with van der Waals surface area (Å²) in [6.45, 7) is 5.53. The number of nitrogens with zero attached hydrogens (tertiary/aromatic N) is 3. The Labute approximate surface area is 107 Å². The fraction of sp³-hybridized carbons (Fsp3) is 0.750. The molecule has 1 aliphatic heterocycles. The Morgan fingerprint density at radius 3 is 3.06 bits per heavy atom. The van der Waals surface area contributed by atoms with Gasteiger partial charge in [-0.05, 0) is 25.7 Å². The average Bonchev–Trinajstić information content (AvgIpc) is 2.97. The molecule has 100 valence electrons. The Morgan fingerprint density at radius 1 is 1.67 bits per heavy atom.